The number of benzene rings is 1. The summed E-state index contributed by atoms with van der Waals surface area (Å²) in [6.45, 7) is 0.529. The Balaban J connectivity index is 2.54. The van der Waals surface area contributed by atoms with Crippen LogP contribution in [0.2, 0.25) is 0 Å². The first-order valence-electron chi connectivity index (χ1n) is 5.14. The highest BCUT2D eigenvalue weighted by atomic mass is 19.1. The summed E-state index contributed by atoms with van der Waals surface area (Å²) >= 11 is 0. The summed E-state index contributed by atoms with van der Waals surface area (Å²) in [5.41, 5.74) is -0.172. The van der Waals surface area contributed by atoms with Gasteiger partial charge in [0.2, 0.25) is 0 Å². The minimum atomic E-state index is -0.895. The van der Waals surface area contributed by atoms with E-state index in [9.17, 15) is 14.3 Å². The van der Waals surface area contributed by atoms with Crippen LogP contribution in [0.25, 0.3) is 0 Å². The molecule has 0 unspecified atom stereocenters. The first-order chi connectivity index (χ1) is 8.15. The monoisotopic (exact) mass is 241 g/mol. The van der Waals surface area contributed by atoms with Gasteiger partial charge in [0.15, 0.2) is 28.8 Å². The Morgan fingerprint density at radius 3 is 2.94 bits per heavy atom. The topological polar surface area (TPSA) is 67.8 Å². The van der Waals surface area contributed by atoms with Crippen LogP contribution in [0.3, 0.4) is 0 Å². The Kier molecular flexibility index (Phi) is 3.14. The number of ether oxygens (including phenoxy) is 2. The van der Waals surface area contributed by atoms with E-state index in [4.69, 9.17) is 9.47 Å². The van der Waals surface area contributed by atoms with Gasteiger partial charge in [0, 0.05) is 6.07 Å². The summed E-state index contributed by atoms with van der Waals surface area (Å²) < 4.78 is 23.8. The van der Waals surface area contributed by atoms with E-state index < -0.39 is 17.3 Å². The molecule has 1 aromatic carbocycles. The van der Waals surface area contributed by atoms with Crippen LogP contribution in [-0.4, -0.2) is 37.7 Å². The summed E-state index contributed by atoms with van der Waals surface area (Å²) in [5, 5.41) is 12.2. The number of halogens is 1. The second-order valence-electron chi connectivity index (χ2n) is 3.56. The van der Waals surface area contributed by atoms with E-state index >= 15 is 0 Å². The number of aromatic hydroxyl groups is 1. The molecule has 0 saturated carbocycles. The molecule has 17 heavy (non-hydrogen) atoms. The number of hydrogen-bond donors (Lipinski definition) is 2. The van der Waals surface area contributed by atoms with Gasteiger partial charge in [-0.1, -0.05) is 0 Å². The van der Waals surface area contributed by atoms with Gasteiger partial charge in [-0.05, 0) is 7.05 Å². The molecule has 0 spiro atoms. The molecule has 0 atom stereocenters. The lowest BCUT2D eigenvalue weighted by Crippen LogP contribution is -2.23. The molecule has 5 nitrogen and oxygen atoms in total. The lowest BCUT2D eigenvalue weighted by Gasteiger charge is -2.21. The Morgan fingerprint density at radius 2 is 2.24 bits per heavy atom. The van der Waals surface area contributed by atoms with Crippen LogP contribution in [0.4, 0.5) is 4.39 Å². The van der Waals surface area contributed by atoms with Crippen molar-refractivity contribution in [1.29, 1.82) is 0 Å². The molecule has 2 rings (SSSR count). The van der Waals surface area contributed by atoms with Crippen molar-refractivity contribution in [3.8, 4) is 17.2 Å². The molecule has 92 valence electrons. The molecule has 1 aliphatic rings. The van der Waals surface area contributed by atoms with Crippen LogP contribution in [0.15, 0.2) is 6.07 Å². The van der Waals surface area contributed by atoms with Crippen molar-refractivity contribution in [2.45, 2.75) is 0 Å². The molecule has 1 aromatic rings. The highest BCUT2D eigenvalue weighted by Crippen LogP contribution is 2.40. The number of phenols is 1. The van der Waals surface area contributed by atoms with Crippen molar-refractivity contribution in [2.75, 3.05) is 26.8 Å². The van der Waals surface area contributed by atoms with Gasteiger partial charge in [-0.2, -0.15) is 0 Å². The molecule has 0 amide bonds. The molecule has 1 aliphatic heterocycles. The smallest absolute Gasteiger partial charge is 0.184 e. The van der Waals surface area contributed by atoms with Crippen molar-refractivity contribution in [1.82, 2.24) is 5.32 Å². The van der Waals surface area contributed by atoms with Crippen molar-refractivity contribution in [3.05, 3.63) is 17.4 Å². The quantitative estimate of drug-likeness (QED) is 0.763. The number of carbonyl (C=O) groups is 1. The van der Waals surface area contributed by atoms with E-state index in [0.29, 0.717) is 0 Å². The van der Waals surface area contributed by atoms with Crippen LogP contribution in [0.1, 0.15) is 10.4 Å². The fourth-order valence-corrected chi connectivity index (χ4v) is 1.65. The number of ketones is 1. The van der Waals surface area contributed by atoms with Gasteiger partial charge in [0.25, 0.3) is 0 Å². The van der Waals surface area contributed by atoms with Gasteiger partial charge in [0.05, 0.1) is 6.54 Å². The van der Waals surface area contributed by atoms with E-state index in [0.717, 1.165) is 6.07 Å². The molecule has 0 fully saturated rings. The fraction of sp³-hybridized carbons (Fsp3) is 0.364. The molecular weight excluding hydrogens is 229 g/mol. The van der Waals surface area contributed by atoms with Gasteiger partial charge in [-0.25, -0.2) is 4.39 Å². The number of carbonyl (C=O) groups excluding carboxylic acids is 1. The second kappa shape index (κ2) is 4.58. The summed E-state index contributed by atoms with van der Waals surface area (Å²) in [4.78, 5) is 11.8. The van der Waals surface area contributed by atoms with Gasteiger partial charge in [0.1, 0.15) is 18.8 Å². The number of nitrogens with one attached hydrogen (secondary N) is 1. The molecule has 1 heterocycles. The van der Waals surface area contributed by atoms with Crippen molar-refractivity contribution < 1.29 is 23.8 Å². The third-order valence-electron chi connectivity index (χ3n) is 2.38. The zero-order valence-corrected chi connectivity index (χ0v) is 9.25. The second-order valence-corrected chi connectivity index (χ2v) is 3.56. The third kappa shape index (κ3) is 2.03. The number of phenolic OH excluding ortho intramolecular Hbond substituents is 1. The largest absolute Gasteiger partial charge is 0.504 e. The Bertz CT molecular complexity index is 461. The van der Waals surface area contributed by atoms with Crippen LogP contribution in [0, 0.1) is 5.82 Å². The Labute approximate surface area is 97.1 Å². The molecule has 6 heteroatoms. The lowest BCUT2D eigenvalue weighted by atomic mass is 10.1. The molecule has 0 radical (unpaired) electrons. The Hall–Kier alpha value is -1.82. The molecule has 0 saturated heterocycles. The molecule has 0 bridgehead atoms. The van der Waals surface area contributed by atoms with E-state index in [2.05, 4.69) is 5.32 Å². The molecule has 0 aliphatic carbocycles. The minimum Gasteiger partial charge on any atom is -0.504 e. The maximum absolute atomic E-state index is 13.4. The fourth-order valence-electron chi connectivity index (χ4n) is 1.65. The zero-order chi connectivity index (χ0) is 12.4. The third-order valence-corrected chi connectivity index (χ3v) is 2.38. The minimum absolute atomic E-state index is 0.0210. The molecular formula is C11H12FNO4. The number of fused-ring (bicyclic) bond motifs is 1. The van der Waals surface area contributed by atoms with Gasteiger partial charge >= 0.3 is 0 Å². The molecule has 2 N–H and O–H groups in total. The summed E-state index contributed by atoms with van der Waals surface area (Å²) in [7, 11) is 1.58. The first kappa shape index (κ1) is 11.7. The van der Waals surface area contributed by atoms with Crippen LogP contribution in [-0.2, 0) is 0 Å². The number of likely N-dealkylation sites (N-methyl/N-ethyl adjacent to an activating group) is 1. The van der Waals surface area contributed by atoms with Gasteiger partial charge in [-0.15, -0.1) is 0 Å². The van der Waals surface area contributed by atoms with E-state index in [1.807, 2.05) is 0 Å². The maximum atomic E-state index is 13.4. The molecule has 0 aromatic heterocycles. The highest BCUT2D eigenvalue weighted by Gasteiger charge is 2.27. The maximum Gasteiger partial charge on any atom is 0.184 e. The highest BCUT2D eigenvalue weighted by molar-refractivity contribution is 6.03. The summed E-state index contributed by atoms with van der Waals surface area (Å²) in [6.07, 6.45) is 0. The van der Waals surface area contributed by atoms with Crippen molar-refractivity contribution >= 4 is 5.78 Å². The van der Waals surface area contributed by atoms with E-state index in [1.54, 1.807) is 7.05 Å². The van der Waals surface area contributed by atoms with Crippen LogP contribution in [0.5, 0.6) is 17.2 Å². The van der Waals surface area contributed by atoms with E-state index in [-0.39, 0.29) is 36.8 Å². The van der Waals surface area contributed by atoms with Crippen LogP contribution < -0.4 is 14.8 Å². The van der Waals surface area contributed by atoms with E-state index in [1.165, 1.54) is 0 Å². The predicted octanol–water partition coefficient (Wildman–Crippen LogP) is 0.705. The zero-order valence-electron chi connectivity index (χ0n) is 9.25. The van der Waals surface area contributed by atoms with Crippen molar-refractivity contribution in [3.63, 3.8) is 0 Å². The van der Waals surface area contributed by atoms with Crippen molar-refractivity contribution in [2.24, 2.45) is 0 Å². The lowest BCUT2D eigenvalue weighted by molar-refractivity contribution is 0.0977. The number of rotatable bonds is 3. The first-order valence-corrected chi connectivity index (χ1v) is 5.14. The average molecular weight is 241 g/mol. The van der Waals surface area contributed by atoms with Crippen LogP contribution >= 0.6 is 0 Å². The standard InChI is InChI=1S/C11H12FNO4/c1-13-5-7(14)9-10(15)6(12)4-8-11(9)17-3-2-16-8/h4,13,15H,2-3,5H2,1H3. The normalized spacial score (nSPS) is 13.5. The van der Waals surface area contributed by atoms with Gasteiger partial charge < -0.3 is 19.9 Å². The SMILES string of the molecule is CNCC(=O)c1c(O)c(F)cc2c1OCCO2. The summed E-state index contributed by atoms with van der Waals surface area (Å²) in [5.74, 6) is -1.80. The Morgan fingerprint density at radius 1 is 1.53 bits per heavy atom. The number of hydrogen-bond acceptors (Lipinski definition) is 5. The number of Topliss-reactive ketones (excluding diaryl/α,β-unsaturated/α-hetero) is 1. The summed E-state index contributed by atoms with van der Waals surface area (Å²) in [6, 6.07) is 1.01. The predicted molar refractivity (Wildman–Crippen MR) is 57.3 cm³/mol. The average Bonchev–Trinajstić information content (AvgIpc) is 2.31. The van der Waals surface area contributed by atoms with Gasteiger partial charge in [-0.3, -0.25) is 4.79 Å².